The van der Waals surface area contributed by atoms with E-state index >= 15 is 0 Å². The highest BCUT2D eigenvalue weighted by molar-refractivity contribution is 8.00. The van der Waals surface area contributed by atoms with Gasteiger partial charge in [-0.1, -0.05) is 87.1 Å². The Labute approximate surface area is 193 Å². The highest BCUT2D eigenvalue weighted by Gasteiger charge is 2.26. The van der Waals surface area contributed by atoms with Gasteiger partial charge in [-0.05, 0) is 63.4 Å². The van der Waals surface area contributed by atoms with E-state index in [4.69, 9.17) is 4.98 Å². The molecule has 0 N–H and O–H groups in total. The maximum atomic E-state index is 5.01. The van der Waals surface area contributed by atoms with Crippen LogP contribution in [0, 0.1) is 6.92 Å². The number of rotatable bonds is 1. The molecule has 0 atom stereocenters. The van der Waals surface area contributed by atoms with Crippen LogP contribution in [0.25, 0.3) is 43.9 Å². The van der Waals surface area contributed by atoms with E-state index in [1.807, 2.05) is 18.0 Å². The largest absolute Gasteiger partial charge is 0.255 e. The van der Waals surface area contributed by atoms with E-state index in [0.29, 0.717) is 0 Å². The number of fused-ring (bicyclic) bond motifs is 3. The lowest BCUT2D eigenvalue weighted by Crippen LogP contribution is -2.12. The van der Waals surface area contributed by atoms with Crippen molar-refractivity contribution in [1.29, 1.82) is 0 Å². The highest BCUT2D eigenvalue weighted by Crippen LogP contribution is 2.52. The molecule has 1 nitrogen and oxygen atoms in total. The topological polar surface area (TPSA) is 12.9 Å². The zero-order valence-electron chi connectivity index (χ0n) is 18.9. The van der Waals surface area contributed by atoms with Gasteiger partial charge in [0.2, 0.25) is 0 Å². The van der Waals surface area contributed by atoms with Crippen molar-refractivity contribution in [3.63, 3.8) is 0 Å². The van der Waals surface area contributed by atoms with Gasteiger partial charge in [0.1, 0.15) is 0 Å². The first-order valence-electron chi connectivity index (χ1n) is 11.1. The maximum absolute atomic E-state index is 5.01. The lowest BCUT2D eigenvalue weighted by Gasteiger charge is -2.26. The van der Waals surface area contributed by atoms with Crippen LogP contribution >= 0.6 is 11.8 Å². The molecule has 0 radical (unpaired) electrons. The fourth-order valence-corrected chi connectivity index (χ4v) is 6.34. The quantitative estimate of drug-likeness (QED) is 0.258. The number of hydrogen-bond donors (Lipinski definition) is 0. The van der Waals surface area contributed by atoms with Gasteiger partial charge in [0.25, 0.3) is 0 Å². The van der Waals surface area contributed by atoms with Crippen molar-refractivity contribution >= 4 is 33.3 Å². The van der Waals surface area contributed by atoms with Gasteiger partial charge < -0.3 is 0 Å². The minimum Gasteiger partial charge on any atom is -0.255 e. The standard InChI is InChI=1S/C30H25NS/c1-18-17-31-28(21-15-20-9-5-6-12-22(20)24(16-21)30(2,3)4)29-26(18)23-13-7-10-19-11-8-14-25(32-29)27(19)23/h5-17H,1-4H3. The van der Waals surface area contributed by atoms with Crippen LogP contribution in [-0.2, 0) is 5.41 Å². The zero-order chi connectivity index (χ0) is 22.0. The summed E-state index contributed by atoms with van der Waals surface area (Å²) >= 11 is 1.87. The van der Waals surface area contributed by atoms with Gasteiger partial charge in [-0.2, -0.15) is 0 Å². The van der Waals surface area contributed by atoms with Crippen molar-refractivity contribution in [2.45, 2.75) is 42.9 Å². The summed E-state index contributed by atoms with van der Waals surface area (Å²) in [5.41, 5.74) is 7.58. The van der Waals surface area contributed by atoms with E-state index in [1.165, 1.54) is 59.2 Å². The molecule has 5 aromatic rings. The van der Waals surface area contributed by atoms with Crippen LogP contribution in [-0.4, -0.2) is 4.98 Å². The van der Waals surface area contributed by atoms with Crippen LogP contribution in [0.3, 0.4) is 0 Å². The second-order valence-corrected chi connectivity index (χ2v) is 10.8. The second kappa shape index (κ2) is 6.95. The first-order valence-corrected chi connectivity index (χ1v) is 12.0. The molecule has 32 heavy (non-hydrogen) atoms. The third kappa shape index (κ3) is 2.90. The average Bonchev–Trinajstić information content (AvgIpc) is 2.78. The highest BCUT2D eigenvalue weighted by atomic mass is 32.2. The Morgan fingerprint density at radius 1 is 0.812 bits per heavy atom. The Hall–Kier alpha value is -3.10. The molecule has 0 unspecified atom stereocenters. The molecule has 6 rings (SSSR count). The van der Waals surface area contributed by atoms with Gasteiger partial charge >= 0.3 is 0 Å². The normalized spacial score (nSPS) is 12.9. The third-order valence-corrected chi connectivity index (χ3v) is 7.68. The van der Waals surface area contributed by atoms with Gasteiger partial charge in [-0.3, -0.25) is 4.98 Å². The maximum Gasteiger partial charge on any atom is 0.0848 e. The molecule has 0 aliphatic carbocycles. The molecule has 0 bridgehead atoms. The molecule has 2 heterocycles. The van der Waals surface area contributed by atoms with E-state index in [1.54, 1.807) is 0 Å². The summed E-state index contributed by atoms with van der Waals surface area (Å²) in [4.78, 5) is 7.59. The van der Waals surface area contributed by atoms with E-state index in [-0.39, 0.29) is 5.41 Å². The minimum atomic E-state index is 0.0473. The number of nitrogens with zero attached hydrogens (tertiary/aromatic N) is 1. The summed E-state index contributed by atoms with van der Waals surface area (Å²) < 4.78 is 0. The summed E-state index contributed by atoms with van der Waals surface area (Å²) in [5.74, 6) is 0. The van der Waals surface area contributed by atoms with Gasteiger partial charge in [-0.15, -0.1) is 0 Å². The molecule has 156 valence electrons. The molecule has 0 spiro atoms. The fourth-order valence-electron chi connectivity index (χ4n) is 5.00. The van der Waals surface area contributed by atoms with Crippen LogP contribution in [0.15, 0.2) is 88.8 Å². The Kier molecular flexibility index (Phi) is 4.25. The van der Waals surface area contributed by atoms with Crippen molar-refractivity contribution in [3.05, 3.63) is 90.1 Å². The molecule has 4 aromatic carbocycles. The van der Waals surface area contributed by atoms with Crippen molar-refractivity contribution < 1.29 is 0 Å². The molecule has 0 saturated carbocycles. The molecule has 1 aromatic heterocycles. The van der Waals surface area contributed by atoms with E-state index < -0.39 is 0 Å². The van der Waals surface area contributed by atoms with E-state index in [9.17, 15) is 0 Å². The number of aryl methyl sites for hydroxylation is 1. The van der Waals surface area contributed by atoms with E-state index in [2.05, 4.69) is 100 Å². The van der Waals surface area contributed by atoms with E-state index in [0.717, 1.165) is 5.69 Å². The monoisotopic (exact) mass is 431 g/mol. The van der Waals surface area contributed by atoms with Crippen molar-refractivity contribution in [1.82, 2.24) is 4.98 Å². The summed E-state index contributed by atoms with van der Waals surface area (Å²) in [5, 5.41) is 5.26. The summed E-state index contributed by atoms with van der Waals surface area (Å²) in [7, 11) is 0. The SMILES string of the molecule is Cc1cnc(-c2cc(C(C)(C)C)c3ccccc3c2)c2c1-c1cccc3cccc(c13)S2. The number of aromatic nitrogens is 1. The summed E-state index contributed by atoms with van der Waals surface area (Å²) in [6.45, 7) is 9.07. The lowest BCUT2D eigenvalue weighted by atomic mass is 9.82. The Balaban J connectivity index is 1.67. The van der Waals surface area contributed by atoms with Crippen molar-refractivity contribution in [2.24, 2.45) is 0 Å². The molecule has 0 amide bonds. The van der Waals surface area contributed by atoms with Crippen molar-refractivity contribution in [2.75, 3.05) is 0 Å². The lowest BCUT2D eigenvalue weighted by molar-refractivity contribution is 0.596. The fraction of sp³-hybridized carbons (Fsp3) is 0.167. The summed E-state index contributed by atoms with van der Waals surface area (Å²) in [6.07, 6.45) is 2.05. The van der Waals surface area contributed by atoms with Crippen LogP contribution < -0.4 is 0 Å². The number of hydrogen-bond acceptors (Lipinski definition) is 2. The van der Waals surface area contributed by atoms with Crippen LogP contribution in [0.4, 0.5) is 0 Å². The number of benzene rings is 4. The van der Waals surface area contributed by atoms with Gasteiger partial charge in [0.15, 0.2) is 0 Å². The molecular formula is C30H25NS. The smallest absolute Gasteiger partial charge is 0.0848 e. The predicted molar refractivity (Wildman–Crippen MR) is 138 cm³/mol. The van der Waals surface area contributed by atoms with Crippen LogP contribution in [0.1, 0.15) is 31.9 Å². The van der Waals surface area contributed by atoms with Gasteiger partial charge in [-0.25, -0.2) is 0 Å². The minimum absolute atomic E-state index is 0.0473. The first-order chi connectivity index (χ1) is 15.4. The molecular weight excluding hydrogens is 406 g/mol. The van der Waals surface area contributed by atoms with Gasteiger partial charge in [0, 0.05) is 32.5 Å². The Morgan fingerprint density at radius 3 is 2.38 bits per heavy atom. The van der Waals surface area contributed by atoms with Gasteiger partial charge in [0.05, 0.1) is 5.69 Å². The zero-order valence-corrected chi connectivity index (χ0v) is 19.7. The average molecular weight is 432 g/mol. The molecule has 0 saturated heterocycles. The Bertz CT molecular complexity index is 1530. The molecule has 1 aliphatic heterocycles. The van der Waals surface area contributed by atoms with Crippen LogP contribution in [0.5, 0.6) is 0 Å². The third-order valence-electron chi connectivity index (χ3n) is 6.51. The molecule has 0 fully saturated rings. The van der Waals surface area contributed by atoms with Crippen LogP contribution in [0.2, 0.25) is 0 Å². The number of pyridine rings is 1. The molecule has 2 heteroatoms. The molecule has 1 aliphatic rings. The van der Waals surface area contributed by atoms with Crippen molar-refractivity contribution in [3.8, 4) is 22.4 Å². The first kappa shape index (κ1) is 19.6. The Morgan fingerprint density at radius 2 is 1.56 bits per heavy atom. The second-order valence-electron chi connectivity index (χ2n) is 9.75. The summed E-state index contributed by atoms with van der Waals surface area (Å²) in [6, 6.07) is 26.7. The predicted octanol–water partition coefficient (Wildman–Crippen LogP) is 8.79.